The highest BCUT2D eigenvalue weighted by molar-refractivity contribution is 6.30. The van der Waals surface area contributed by atoms with Gasteiger partial charge in [-0.2, -0.15) is 0 Å². The first kappa shape index (κ1) is 12.1. The Morgan fingerprint density at radius 3 is 2.67 bits per heavy atom. The number of rotatable bonds is 4. The predicted molar refractivity (Wildman–Crippen MR) is 66.2 cm³/mol. The van der Waals surface area contributed by atoms with Gasteiger partial charge in [0.1, 0.15) is 5.82 Å². The molecule has 0 aliphatic carbocycles. The van der Waals surface area contributed by atoms with Crippen molar-refractivity contribution in [3.05, 3.63) is 17.3 Å². The fraction of sp³-hybridized carbons (Fsp3) is 0.545. The molecule has 0 aliphatic rings. The third-order valence-electron chi connectivity index (χ3n) is 2.45. The van der Waals surface area contributed by atoms with E-state index in [0.717, 1.165) is 12.2 Å². The Hall–Kier alpha value is -0.960. The molecule has 1 rings (SSSR count). The second kappa shape index (κ2) is 5.21. The summed E-state index contributed by atoms with van der Waals surface area (Å²) in [6.07, 6.45) is 2.65. The van der Waals surface area contributed by atoms with E-state index in [1.165, 1.54) is 0 Å². The van der Waals surface area contributed by atoms with Gasteiger partial charge in [0.05, 0.1) is 10.7 Å². The van der Waals surface area contributed by atoms with Crippen LogP contribution in [0.3, 0.4) is 0 Å². The minimum absolute atomic E-state index is 0.390. The minimum Gasteiger partial charge on any atom is -0.396 e. The van der Waals surface area contributed by atoms with Crippen LogP contribution in [0.2, 0.25) is 5.02 Å². The molecule has 1 aromatic heterocycles. The molecule has 0 bridgehead atoms. The molecule has 0 saturated carbocycles. The van der Waals surface area contributed by atoms with Crippen LogP contribution in [0.5, 0.6) is 0 Å². The summed E-state index contributed by atoms with van der Waals surface area (Å²) in [6.45, 7) is 6.49. The molecule has 0 spiro atoms. The van der Waals surface area contributed by atoms with Crippen LogP contribution >= 0.6 is 11.6 Å². The molecule has 1 heterocycles. The predicted octanol–water partition coefficient (Wildman–Crippen LogP) is 3.16. The Bertz CT molecular complexity index is 326. The summed E-state index contributed by atoms with van der Waals surface area (Å²) < 4.78 is 0. The largest absolute Gasteiger partial charge is 0.396 e. The van der Waals surface area contributed by atoms with E-state index in [1.54, 1.807) is 12.3 Å². The summed E-state index contributed by atoms with van der Waals surface area (Å²) in [5, 5.41) is 3.89. The average molecular weight is 228 g/mol. The zero-order valence-electron chi connectivity index (χ0n) is 9.42. The lowest BCUT2D eigenvalue weighted by atomic mass is 10.0. The van der Waals surface area contributed by atoms with E-state index in [9.17, 15) is 0 Å². The minimum atomic E-state index is 0.390. The monoisotopic (exact) mass is 227 g/mol. The van der Waals surface area contributed by atoms with Crippen LogP contribution in [0, 0.1) is 5.92 Å². The van der Waals surface area contributed by atoms with E-state index < -0.39 is 0 Å². The summed E-state index contributed by atoms with van der Waals surface area (Å²) >= 11 is 5.78. The highest BCUT2D eigenvalue weighted by atomic mass is 35.5. The van der Waals surface area contributed by atoms with Crippen molar-refractivity contribution in [1.82, 2.24) is 4.98 Å². The lowest BCUT2D eigenvalue weighted by molar-refractivity contribution is 0.510. The highest BCUT2D eigenvalue weighted by Gasteiger charge is 2.12. The topological polar surface area (TPSA) is 50.9 Å². The molecule has 4 heteroatoms. The number of pyridine rings is 1. The molecule has 0 radical (unpaired) electrons. The van der Waals surface area contributed by atoms with Gasteiger partial charge in [0.25, 0.3) is 0 Å². The van der Waals surface area contributed by atoms with Gasteiger partial charge in [0.15, 0.2) is 0 Å². The van der Waals surface area contributed by atoms with Crippen molar-refractivity contribution < 1.29 is 0 Å². The first-order valence-electron chi connectivity index (χ1n) is 5.22. The number of nitrogens with one attached hydrogen (secondary N) is 1. The van der Waals surface area contributed by atoms with E-state index in [1.807, 2.05) is 0 Å². The van der Waals surface area contributed by atoms with Gasteiger partial charge in [-0.3, -0.25) is 0 Å². The second-order valence-corrected chi connectivity index (χ2v) is 4.43. The fourth-order valence-corrected chi connectivity index (χ4v) is 1.66. The van der Waals surface area contributed by atoms with Crippen LogP contribution in [0.4, 0.5) is 11.5 Å². The van der Waals surface area contributed by atoms with Crippen molar-refractivity contribution in [2.45, 2.75) is 33.2 Å². The molecule has 0 aromatic carbocycles. The van der Waals surface area contributed by atoms with E-state index in [2.05, 4.69) is 31.1 Å². The Morgan fingerprint density at radius 2 is 2.20 bits per heavy atom. The molecule has 84 valence electrons. The fourth-order valence-electron chi connectivity index (χ4n) is 1.49. The van der Waals surface area contributed by atoms with Crippen molar-refractivity contribution >= 4 is 23.1 Å². The molecule has 1 unspecified atom stereocenters. The molecular formula is C11H18ClN3. The third kappa shape index (κ3) is 3.27. The first-order valence-corrected chi connectivity index (χ1v) is 5.60. The van der Waals surface area contributed by atoms with Crippen LogP contribution < -0.4 is 11.1 Å². The number of nitrogen functional groups attached to an aromatic ring is 1. The molecule has 15 heavy (non-hydrogen) atoms. The summed E-state index contributed by atoms with van der Waals surface area (Å²) in [7, 11) is 0. The molecule has 0 saturated heterocycles. The average Bonchev–Trinajstić information content (AvgIpc) is 2.16. The maximum atomic E-state index is 5.82. The van der Waals surface area contributed by atoms with Crippen molar-refractivity contribution in [1.29, 1.82) is 0 Å². The second-order valence-electron chi connectivity index (χ2n) is 3.99. The molecule has 0 fully saturated rings. The van der Waals surface area contributed by atoms with Gasteiger partial charge < -0.3 is 11.1 Å². The zero-order chi connectivity index (χ0) is 11.4. The van der Waals surface area contributed by atoms with E-state index in [0.29, 0.717) is 22.7 Å². The standard InChI is InChI=1S/C11H18ClN3/c1-4-10(7(2)3)15-11-9(13)5-8(12)6-14-11/h5-7,10H,4,13H2,1-3H3,(H,14,15). The quantitative estimate of drug-likeness (QED) is 0.831. The summed E-state index contributed by atoms with van der Waals surface area (Å²) in [5.41, 5.74) is 6.41. The van der Waals surface area contributed by atoms with E-state index in [-0.39, 0.29) is 0 Å². The van der Waals surface area contributed by atoms with Gasteiger partial charge in [-0.15, -0.1) is 0 Å². The van der Waals surface area contributed by atoms with Crippen LogP contribution in [0.15, 0.2) is 12.3 Å². The summed E-state index contributed by atoms with van der Waals surface area (Å²) in [6, 6.07) is 2.10. The Morgan fingerprint density at radius 1 is 1.53 bits per heavy atom. The lowest BCUT2D eigenvalue weighted by Gasteiger charge is -2.22. The zero-order valence-corrected chi connectivity index (χ0v) is 10.2. The number of hydrogen-bond donors (Lipinski definition) is 2. The maximum absolute atomic E-state index is 5.82. The summed E-state index contributed by atoms with van der Waals surface area (Å²) in [5.74, 6) is 1.27. The molecule has 0 amide bonds. The van der Waals surface area contributed by atoms with Gasteiger partial charge in [-0.05, 0) is 18.4 Å². The number of nitrogens with two attached hydrogens (primary N) is 1. The normalized spacial score (nSPS) is 12.9. The Labute approximate surface area is 96.0 Å². The van der Waals surface area contributed by atoms with Crippen LogP contribution in [0.25, 0.3) is 0 Å². The lowest BCUT2D eigenvalue weighted by Crippen LogP contribution is -2.25. The highest BCUT2D eigenvalue weighted by Crippen LogP contribution is 2.22. The number of hydrogen-bond acceptors (Lipinski definition) is 3. The van der Waals surface area contributed by atoms with Crippen LogP contribution in [0.1, 0.15) is 27.2 Å². The Balaban J connectivity index is 2.79. The molecule has 1 atom stereocenters. The molecular weight excluding hydrogens is 210 g/mol. The number of halogens is 1. The molecule has 3 nitrogen and oxygen atoms in total. The van der Waals surface area contributed by atoms with Gasteiger partial charge in [0, 0.05) is 12.2 Å². The van der Waals surface area contributed by atoms with Gasteiger partial charge in [0.2, 0.25) is 0 Å². The SMILES string of the molecule is CCC(Nc1ncc(Cl)cc1N)C(C)C. The number of anilines is 2. The molecule has 0 aliphatic heterocycles. The van der Waals surface area contributed by atoms with Crippen molar-refractivity contribution in [2.24, 2.45) is 5.92 Å². The number of aromatic nitrogens is 1. The van der Waals surface area contributed by atoms with Gasteiger partial charge >= 0.3 is 0 Å². The van der Waals surface area contributed by atoms with E-state index >= 15 is 0 Å². The molecule has 1 aromatic rings. The summed E-state index contributed by atoms with van der Waals surface area (Å²) in [4.78, 5) is 4.18. The first-order chi connectivity index (χ1) is 7.04. The van der Waals surface area contributed by atoms with Crippen molar-refractivity contribution in [3.63, 3.8) is 0 Å². The Kier molecular flexibility index (Phi) is 4.21. The maximum Gasteiger partial charge on any atom is 0.149 e. The molecule has 3 N–H and O–H groups in total. The van der Waals surface area contributed by atoms with Gasteiger partial charge in [-0.1, -0.05) is 32.4 Å². The van der Waals surface area contributed by atoms with E-state index in [4.69, 9.17) is 17.3 Å². The van der Waals surface area contributed by atoms with Crippen LogP contribution in [-0.2, 0) is 0 Å². The van der Waals surface area contributed by atoms with Crippen molar-refractivity contribution in [2.75, 3.05) is 11.1 Å². The van der Waals surface area contributed by atoms with Crippen LogP contribution in [-0.4, -0.2) is 11.0 Å². The number of nitrogens with zero attached hydrogens (tertiary/aromatic N) is 1. The van der Waals surface area contributed by atoms with Crippen molar-refractivity contribution in [3.8, 4) is 0 Å². The van der Waals surface area contributed by atoms with Gasteiger partial charge in [-0.25, -0.2) is 4.98 Å². The smallest absolute Gasteiger partial charge is 0.149 e. The third-order valence-corrected chi connectivity index (χ3v) is 2.66.